The first-order chi connectivity index (χ1) is 13.2. The van der Waals surface area contributed by atoms with E-state index < -0.39 is 0 Å². The van der Waals surface area contributed by atoms with Crippen molar-refractivity contribution in [2.75, 3.05) is 0 Å². The van der Waals surface area contributed by atoms with Gasteiger partial charge in [-0.05, 0) is 71.4 Å². The number of hydrogen-bond acceptors (Lipinski definition) is 2. The monoisotopic (exact) mass is 375 g/mol. The van der Waals surface area contributed by atoms with Crippen molar-refractivity contribution < 1.29 is 4.39 Å². The molecule has 0 amide bonds. The van der Waals surface area contributed by atoms with Crippen molar-refractivity contribution in [3.05, 3.63) is 89.2 Å². The summed E-state index contributed by atoms with van der Waals surface area (Å²) in [5.74, 6) is -0.388. The predicted octanol–water partition coefficient (Wildman–Crippen LogP) is 6.96. The van der Waals surface area contributed by atoms with Gasteiger partial charge in [-0.1, -0.05) is 67.9 Å². The van der Waals surface area contributed by atoms with E-state index in [1.54, 1.807) is 6.07 Å². The SMILES string of the molecule is CCCc1ccc(CCc2ccc(-c3ccc(N=C=S)c(F)c3)cc2)cc1. The van der Waals surface area contributed by atoms with Gasteiger partial charge in [0.05, 0.1) is 5.16 Å². The standard InChI is InChI=1S/C24H22FNS/c1-2-3-18-4-6-19(7-5-18)8-9-20-10-12-21(13-11-20)22-14-15-24(26-17-27)23(25)16-22/h4-7,10-16H,2-3,8-9H2,1H3. The van der Waals surface area contributed by atoms with Gasteiger partial charge < -0.3 is 0 Å². The lowest BCUT2D eigenvalue weighted by Gasteiger charge is -2.07. The molecule has 1 nitrogen and oxygen atoms in total. The molecule has 3 aromatic rings. The normalized spacial score (nSPS) is 10.4. The second kappa shape index (κ2) is 9.36. The minimum absolute atomic E-state index is 0.218. The van der Waals surface area contributed by atoms with Gasteiger partial charge in [-0.2, -0.15) is 4.99 Å². The van der Waals surface area contributed by atoms with Crippen molar-refractivity contribution in [2.45, 2.75) is 32.6 Å². The maximum atomic E-state index is 14.0. The van der Waals surface area contributed by atoms with Crippen molar-refractivity contribution >= 4 is 23.1 Å². The molecule has 0 heterocycles. The second-order valence-corrected chi connectivity index (χ2v) is 6.82. The number of isothiocyanates is 1. The van der Waals surface area contributed by atoms with E-state index in [-0.39, 0.29) is 11.5 Å². The molecule has 0 radical (unpaired) electrons. The van der Waals surface area contributed by atoms with Crippen LogP contribution in [0.4, 0.5) is 10.1 Å². The summed E-state index contributed by atoms with van der Waals surface area (Å²) in [6.07, 6.45) is 4.33. The summed E-state index contributed by atoms with van der Waals surface area (Å²) in [6.45, 7) is 2.20. The highest BCUT2D eigenvalue weighted by Crippen LogP contribution is 2.26. The van der Waals surface area contributed by atoms with Gasteiger partial charge >= 0.3 is 0 Å². The van der Waals surface area contributed by atoms with Crippen LogP contribution in [0.15, 0.2) is 71.7 Å². The van der Waals surface area contributed by atoms with Gasteiger partial charge in [0.2, 0.25) is 0 Å². The van der Waals surface area contributed by atoms with E-state index in [0.29, 0.717) is 0 Å². The largest absolute Gasteiger partial charge is 0.205 e. The highest BCUT2D eigenvalue weighted by Gasteiger charge is 2.05. The molecule has 0 bridgehead atoms. The lowest BCUT2D eigenvalue weighted by Crippen LogP contribution is -1.92. The van der Waals surface area contributed by atoms with E-state index in [0.717, 1.165) is 30.4 Å². The molecule has 0 aromatic heterocycles. The minimum Gasteiger partial charge on any atom is -0.205 e. The quantitative estimate of drug-likeness (QED) is 0.321. The van der Waals surface area contributed by atoms with Crippen LogP contribution in [-0.2, 0) is 19.3 Å². The molecular formula is C24H22FNS. The van der Waals surface area contributed by atoms with Crippen LogP contribution in [0.2, 0.25) is 0 Å². The van der Waals surface area contributed by atoms with E-state index >= 15 is 0 Å². The van der Waals surface area contributed by atoms with E-state index in [2.05, 4.69) is 65.7 Å². The number of nitrogens with zero attached hydrogens (tertiary/aromatic N) is 1. The molecule has 0 spiro atoms. The van der Waals surface area contributed by atoms with Crippen molar-refractivity contribution in [1.29, 1.82) is 0 Å². The van der Waals surface area contributed by atoms with Crippen LogP contribution in [0.25, 0.3) is 11.1 Å². The van der Waals surface area contributed by atoms with E-state index in [9.17, 15) is 4.39 Å². The molecule has 0 saturated heterocycles. The zero-order chi connectivity index (χ0) is 19.1. The lowest BCUT2D eigenvalue weighted by atomic mass is 9.99. The van der Waals surface area contributed by atoms with Gasteiger partial charge in [0.1, 0.15) is 11.5 Å². The minimum atomic E-state index is -0.388. The van der Waals surface area contributed by atoms with Crippen molar-refractivity contribution in [2.24, 2.45) is 4.99 Å². The summed E-state index contributed by atoms with van der Waals surface area (Å²) in [4.78, 5) is 3.71. The highest BCUT2D eigenvalue weighted by atomic mass is 32.1. The van der Waals surface area contributed by atoms with Crippen molar-refractivity contribution in [3.63, 3.8) is 0 Å². The van der Waals surface area contributed by atoms with Gasteiger partial charge in [0.15, 0.2) is 0 Å². The number of thiocarbonyl (C=S) groups is 1. The van der Waals surface area contributed by atoms with E-state index in [1.807, 2.05) is 18.2 Å². The molecule has 0 saturated carbocycles. The summed E-state index contributed by atoms with van der Waals surface area (Å²) in [5, 5.41) is 2.20. The van der Waals surface area contributed by atoms with Crippen LogP contribution >= 0.6 is 12.2 Å². The average molecular weight is 376 g/mol. The van der Waals surface area contributed by atoms with E-state index in [1.165, 1.54) is 29.2 Å². The Morgan fingerprint density at radius 3 is 1.81 bits per heavy atom. The molecule has 0 fully saturated rings. The maximum Gasteiger partial charge on any atom is 0.150 e. The summed E-state index contributed by atoms with van der Waals surface area (Å²) >= 11 is 4.53. The molecule has 0 N–H and O–H groups in total. The fourth-order valence-electron chi connectivity index (χ4n) is 3.14. The number of benzene rings is 3. The topological polar surface area (TPSA) is 12.4 Å². The van der Waals surface area contributed by atoms with Gasteiger partial charge in [-0.15, -0.1) is 0 Å². The summed E-state index contributed by atoms with van der Waals surface area (Å²) in [5.41, 5.74) is 6.07. The third kappa shape index (κ3) is 5.19. The molecular weight excluding hydrogens is 353 g/mol. The molecule has 0 aliphatic heterocycles. The first kappa shape index (κ1) is 19.2. The second-order valence-electron chi connectivity index (χ2n) is 6.63. The molecule has 27 heavy (non-hydrogen) atoms. The Morgan fingerprint density at radius 2 is 1.30 bits per heavy atom. The van der Waals surface area contributed by atoms with Crippen LogP contribution in [0.1, 0.15) is 30.0 Å². The first-order valence-electron chi connectivity index (χ1n) is 9.24. The molecule has 0 aliphatic carbocycles. The third-order valence-corrected chi connectivity index (χ3v) is 4.76. The summed E-state index contributed by atoms with van der Waals surface area (Å²) in [6, 6.07) is 22.2. The maximum absolute atomic E-state index is 14.0. The average Bonchev–Trinajstić information content (AvgIpc) is 2.70. The summed E-state index contributed by atoms with van der Waals surface area (Å²) in [7, 11) is 0. The number of aliphatic imine (C=N–C) groups is 1. The zero-order valence-electron chi connectivity index (χ0n) is 15.4. The fraction of sp³-hybridized carbons (Fsp3) is 0.208. The van der Waals surface area contributed by atoms with Gasteiger partial charge in [0.25, 0.3) is 0 Å². The Hall–Kier alpha value is -2.61. The number of halogens is 1. The van der Waals surface area contributed by atoms with Crippen LogP contribution < -0.4 is 0 Å². The number of hydrogen-bond donors (Lipinski definition) is 0. The van der Waals surface area contributed by atoms with Crippen molar-refractivity contribution in [1.82, 2.24) is 0 Å². The van der Waals surface area contributed by atoms with Crippen LogP contribution in [0.3, 0.4) is 0 Å². The highest BCUT2D eigenvalue weighted by molar-refractivity contribution is 7.78. The molecule has 3 heteroatoms. The van der Waals surface area contributed by atoms with Crippen LogP contribution in [-0.4, -0.2) is 5.16 Å². The zero-order valence-corrected chi connectivity index (χ0v) is 16.2. The molecule has 0 aliphatic rings. The van der Waals surface area contributed by atoms with Crippen LogP contribution in [0, 0.1) is 5.82 Å². The number of rotatable bonds is 7. The fourth-order valence-corrected chi connectivity index (χ4v) is 3.24. The molecule has 3 rings (SSSR count). The van der Waals surface area contributed by atoms with E-state index in [4.69, 9.17) is 0 Å². The predicted molar refractivity (Wildman–Crippen MR) is 114 cm³/mol. The molecule has 0 unspecified atom stereocenters. The Morgan fingerprint density at radius 1 is 0.778 bits per heavy atom. The van der Waals surface area contributed by atoms with Gasteiger partial charge in [-0.25, -0.2) is 4.39 Å². The van der Waals surface area contributed by atoms with Gasteiger partial charge in [-0.3, -0.25) is 0 Å². The Bertz CT molecular complexity index is 939. The molecule has 3 aromatic carbocycles. The van der Waals surface area contributed by atoms with Crippen molar-refractivity contribution in [3.8, 4) is 11.1 Å². The Kier molecular flexibility index (Phi) is 6.64. The van der Waals surface area contributed by atoms with Gasteiger partial charge in [0, 0.05) is 0 Å². The smallest absolute Gasteiger partial charge is 0.150 e. The lowest BCUT2D eigenvalue weighted by molar-refractivity contribution is 0.630. The third-order valence-electron chi connectivity index (χ3n) is 4.67. The number of aryl methyl sites for hydroxylation is 3. The first-order valence-corrected chi connectivity index (χ1v) is 9.65. The van der Waals surface area contributed by atoms with Crippen LogP contribution in [0.5, 0.6) is 0 Å². The molecule has 136 valence electrons. The Balaban J connectivity index is 1.65. The Labute approximate surface area is 165 Å². The molecule has 0 atom stereocenters. The summed E-state index contributed by atoms with van der Waals surface area (Å²) < 4.78 is 14.0.